The summed E-state index contributed by atoms with van der Waals surface area (Å²) >= 11 is 0. The Bertz CT molecular complexity index is 1390. The molecule has 194 valence electrons. The second-order valence-electron chi connectivity index (χ2n) is 8.50. The van der Waals surface area contributed by atoms with E-state index in [1.54, 1.807) is 36.4 Å². The Morgan fingerprint density at radius 1 is 0.973 bits per heavy atom. The van der Waals surface area contributed by atoms with Gasteiger partial charge in [0.05, 0.1) is 10.5 Å². The summed E-state index contributed by atoms with van der Waals surface area (Å²) in [5.74, 6) is -0.349. The van der Waals surface area contributed by atoms with E-state index in [2.05, 4.69) is 0 Å². The number of nitrogens with zero attached hydrogens (tertiary/aromatic N) is 1. The van der Waals surface area contributed by atoms with Crippen molar-refractivity contribution in [2.75, 3.05) is 6.54 Å². The number of hydrogen-bond donors (Lipinski definition) is 0. The molecule has 0 aromatic heterocycles. The van der Waals surface area contributed by atoms with Gasteiger partial charge in [-0.1, -0.05) is 36.4 Å². The molecule has 0 bridgehead atoms. The molecule has 1 aliphatic rings. The minimum atomic E-state index is -4.40. The molecule has 3 aromatic rings. The number of benzene rings is 3. The van der Waals surface area contributed by atoms with Crippen LogP contribution >= 0.6 is 0 Å². The number of rotatable bonds is 9. The fourth-order valence-corrected chi connectivity index (χ4v) is 5.44. The maximum absolute atomic E-state index is 13.2. The first-order valence-corrected chi connectivity index (χ1v) is 12.8. The molecule has 0 saturated carbocycles. The quantitative estimate of drug-likeness (QED) is 0.267. The summed E-state index contributed by atoms with van der Waals surface area (Å²) in [7, 11) is -3.98. The number of hydrogen-bond acceptors (Lipinski definition) is 4. The van der Waals surface area contributed by atoms with Crippen molar-refractivity contribution in [1.82, 2.24) is 4.31 Å². The molecule has 0 radical (unpaired) electrons. The molecule has 3 aromatic carbocycles. The lowest BCUT2D eigenvalue weighted by atomic mass is 10.0. The van der Waals surface area contributed by atoms with Crippen LogP contribution in [0.1, 0.15) is 23.1 Å². The standard InChI is InChI=1S/C27H23F4NO4S/c28-22-11-13-24(14-12-22)37(34,35)32-16-2-5-25(32)26(33)15-8-19-3-1-4-23(17-19)36-18-20-6-9-21(10-7-20)27(29,30)31/h1-7,9-14,17,25H,8,15-16,18H2/t25-/m0/s1. The third kappa shape index (κ3) is 6.44. The molecule has 1 atom stereocenters. The van der Waals surface area contributed by atoms with Crippen LogP contribution in [0, 0.1) is 5.82 Å². The molecule has 4 rings (SSSR count). The van der Waals surface area contributed by atoms with Crippen molar-refractivity contribution in [2.45, 2.75) is 36.6 Å². The summed E-state index contributed by atoms with van der Waals surface area (Å²) in [6.07, 6.45) is -0.828. The number of halogens is 4. The van der Waals surface area contributed by atoms with E-state index in [1.165, 1.54) is 24.3 Å². The Kier molecular flexibility index (Phi) is 7.79. The van der Waals surface area contributed by atoms with E-state index in [4.69, 9.17) is 4.74 Å². The topological polar surface area (TPSA) is 63.7 Å². The lowest BCUT2D eigenvalue weighted by molar-refractivity contribution is -0.137. The smallest absolute Gasteiger partial charge is 0.416 e. The van der Waals surface area contributed by atoms with Gasteiger partial charge in [-0.15, -0.1) is 0 Å². The molecular weight excluding hydrogens is 510 g/mol. The number of sulfonamides is 1. The van der Waals surface area contributed by atoms with Crippen LogP contribution in [0.2, 0.25) is 0 Å². The fourth-order valence-electron chi connectivity index (χ4n) is 3.92. The largest absolute Gasteiger partial charge is 0.489 e. The van der Waals surface area contributed by atoms with Crippen molar-refractivity contribution >= 4 is 15.8 Å². The summed E-state index contributed by atoms with van der Waals surface area (Å²) < 4.78 is 84.1. The van der Waals surface area contributed by atoms with Gasteiger partial charge in [0, 0.05) is 13.0 Å². The molecular formula is C27H23F4NO4S. The first-order valence-electron chi connectivity index (χ1n) is 11.4. The highest BCUT2D eigenvalue weighted by Crippen LogP contribution is 2.29. The van der Waals surface area contributed by atoms with Gasteiger partial charge >= 0.3 is 6.18 Å². The highest BCUT2D eigenvalue weighted by molar-refractivity contribution is 7.89. The van der Waals surface area contributed by atoms with E-state index in [0.717, 1.165) is 34.1 Å². The van der Waals surface area contributed by atoms with Crippen LogP contribution in [0.3, 0.4) is 0 Å². The SMILES string of the molecule is O=C(CCc1cccc(OCc2ccc(C(F)(F)F)cc2)c1)[C@@H]1C=CCN1S(=O)(=O)c1ccc(F)cc1. The zero-order valence-corrected chi connectivity index (χ0v) is 20.3. The number of aryl methyl sites for hydroxylation is 1. The first kappa shape index (κ1) is 26.6. The van der Waals surface area contributed by atoms with E-state index in [9.17, 15) is 30.8 Å². The van der Waals surface area contributed by atoms with E-state index in [1.807, 2.05) is 0 Å². The zero-order chi connectivity index (χ0) is 26.6. The number of carbonyl (C=O) groups is 1. The Hall–Kier alpha value is -3.50. The Labute approximate surface area is 212 Å². The van der Waals surface area contributed by atoms with E-state index >= 15 is 0 Å². The van der Waals surface area contributed by atoms with Crippen LogP contribution < -0.4 is 4.74 Å². The lowest BCUT2D eigenvalue weighted by Gasteiger charge is -2.23. The van der Waals surface area contributed by atoms with Gasteiger partial charge in [-0.2, -0.15) is 17.5 Å². The average molecular weight is 534 g/mol. The minimum Gasteiger partial charge on any atom is -0.489 e. The molecule has 0 fully saturated rings. The highest BCUT2D eigenvalue weighted by Gasteiger charge is 2.36. The van der Waals surface area contributed by atoms with Gasteiger partial charge < -0.3 is 4.74 Å². The first-order chi connectivity index (χ1) is 17.5. The number of ether oxygens (including phenoxy) is 1. The van der Waals surface area contributed by atoms with Crippen molar-refractivity contribution in [1.29, 1.82) is 0 Å². The van der Waals surface area contributed by atoms with Crippen LogP contribution in [0.4, 0.5) is 17.6 Å². The summed E-state index contributed by atoms with van der Waals surface area (Å²) in [5.41, 5.74) is 0.626. The molecule has 0 amide bonds. The number of carbonyl (C=O) groups excluding carboxylic acids is 1. The van der Waals surface area contributed by atoms with Gasteiger partial charge in [0.15, 0.2) is 5.78 Å². The third-order valence-corrected chi connectivity index (χ3v) is 7.77. The molecule has 5 nitrogen and oxygen atoms in total. The lowest BCUT2D eigenvalue weighted by Crippen LogP contribution is -2.41. The van der Waals surface area contributed by atoms with Crippen LogP contribution in [-0.2, 0) is 34.0 Å². The Balaban J connectivity index is 1.35. The van der Waals surface area contributed by atoms with Crippen molar-refractivity contribution < 1.29 is 35.5 Å². The normalized spacial score (nSPS) is 16.2. The number of Topliss-reactive ketones (excluding diaryl/α,β-unsaturated/α-hetero) is 1. The van der Waals surface area contributed by atoms with Crippen LogP contribution in [0.25, 0.3) is 0 Å². The van der Waals surface area contributed by atoms with Crippen LogP contribution in [-0.4, -0.2) is 31.1 Å². The monoisotopic (exact) mass is 533 g/mol. The molecule has 0 saturated heterocycles. The van der Waals surface area contributed by atoms with E-state index in [-0.39, 0.29) is 30.3 Å². The van der Waals surface area contributed by atoms with Crippen LogP contribution in [0.15, 0.2) is 89.8 Å². The van der Waals surface area contributed by atoms with Gasteiger partial charge in [-0.3, -0.25) is 4.79 Å². The van der Waals surface area contributed by atoms with Gasteiger partial charge in [0.25, 0.3) is 0 Å². The average Bonchev–Trinajstić information content (AvgIpc) is 3.38. The second kappa shape index (κ2) is 10.9. The fraction of sp³-hybridized carbons (Fsp3) is 0.222. The van der Waals surface area contributed by atoms with Gasteiger partial charge in [-0.25, -0.2) is 12.8 Å². The van der Waals surface area contributed by atoms with E-state index < -0.39 is 33.6 Å². The summed E-state index contributed by atoms with van der Waals surface area (Å²) in [4.78, 5) is 12.8. The second-order valence-corrected chi connectivity index (χ2v) is 10.4. The molecule has 0 N–H and O–H groups in total. The molecule has 0 spiro atoms. The van der Waals surface area contributed by atoms with Gasteiger partial charge in [-0.05, 0) is 66.1 Å². The Morgan fingerprint density at radius 3 is 2.35 bits per heavy atom. The van der Waals surface area contributed by atoms with Crippen molar-refractivity contribution in [3.05, 3.63) is 107 Å². The molecule has 0 aliphatic carbocycles. The maximum Gasteiger partial charge on any atom is 0.416 e. The predicted molar refractivity (Wildman–Crippen MR) is 129 cm³/mol. The summed E-state index contributed by atoms with van der Waals surface area (Å²) in [5, 5.41) is 0. The van der Waals surface area contributed by atoms with Gasteiger partial charge in [0.2, 0.25) is 10.0 Å². The van der Waals surface area contributed by atoms with E-state index in [0.29, 0.717) is 17.7 Å². The van der Waals surface area contributed by atoms with Crippen molar-refractivity contribution in [3.8, 4) is 5.75 Å². The third-order valence-electron chi connectivity index (χ3n) is 5.91. The number of alkyl halides is 3. The zero-order valence-electron chi connectivity index (χ0n) is 19.5. The minimum absolute atomic E-state index is 0.0450. The molecule has 37 heavy (non-hydrogen) atoms. The van der Waals surface area contributed by atoms with Crippen LogP contribution in [0.5, 0.6) is 5.75 Å². The molecule has 0 unspecified atom stereocenters. The molecule has 10 heteroatoms. The molecule has 1 heterocycles. The predicted octanol–water partition coefficient (Wildman–Crippen LogP) is 5.55. The van der Waals surface area contributed by atoms with Gasteiger partial charge in [0.1, 0.15) is 24.2 Å². The van der Waals surface area contributed by atoms with Crippen molar-refractivity contribution in [2.24, 2.45) is 0 Å². The summed E-state index contributed by atoms with van der Waals surface area (Å²) in [6, 6.07) is 15.2. The Morgan fingerprint density at radius 2 is 1.68 bits per heavy atom. The highest BCUT2D eigenvalue weighted by atomic mass is 32.2. The maximum atomic E-state index is 13.2. The van der Waals surface area contributed by atoms with Crippen molar-refractivity contribution in [3.63, 3.8) is 0 Å². The number of ketones is 1. The summed E-state index contributed by atoms with van der Waals surface area (Å²) in [6.45, 7) is 0.118. The molecule has 1 aliphatic heterocycles.